The number of benzene rings is 1. The maximum atomic E-state index is 14.1. The lowest BCUT2D eigenvalue weighted by Gasteiger charge is -2.36. The molecule has 40 heavy (non-hydrogen) atoms. The van der Waals surface area contributed by atoms with Gasteiger partial charge in [0, 0.05) is 36.4 Å². The number of likely N-dealkylation sites (tertiary alicyclic amines) is 1. The van der Waals surface area contributed by atoms with E-state index in [1.807, 2.05) is 23.1 Å². The molecule has 0 radical (unpaired) electrons. The van der Waals surface area contributed by atoms with Gasteiger partial charge in [0.1, 0.15) is 11.6 Å². The molecule has 1 aromatic carbocycles. The van der Waals surface area contributed by atoms with E-state index in [9.17, 15) is 19.6 Å². The predicted octanol–water partition coefficient (Wildman–Crippen LogP) is 5.18. The molecule has 0 spiro atoms. The maximum Gasteiger partial charge on any atom is 0.411 e. The zero-order valence-corrected chi connectivity index (χ0v) is 24.4. The molecule has 2 unspecified atom stereocenters. The average Bonchev–Trinajstić information content (AvgIpc) is 3.50. The second kappa shape index (κ2) is 12.3. The number of amides is 2. The number of aryl methyl sites for hydroxylation is 2. The average molecular weight is 551 g/mol. The van der Waals surface area contributed by atoms with Crippen molar-refractivity contribution in [3.63, 3.8) is 0 Å². The minimum Gasteiger partial charge on any atom is -0.466 e. The van der Waals surface area contributed by atoms with E-state index in [0.717, 1.165) is 56.0 Å². The van der Waals surface area contributed by atoms with Crippen LogP contribution in [0.5, 0.6) is 0 Å². The van der Waals surface area contributed by atoms with E-state index in [2.05, 4.69) is 23.6 Å². The zero-order chi connectivity index (χ0) is 29.0. The van der Waals surface area contributed by atoms with Gasteiger partial charge in [-0.2, -0.15) is 5.26 Å². The van der Waals surface area contributed by atoms with Crippen LogP contribution in [0.2, 0.25) is 0 Å². The van der Waals surface area contributed by atoms with Gasteiger partial charge in [-0.3, -0.25) is 14.5 Å². The van der Waals surface area contributed by atoms with Gasteiger partial charge in [0.2, 0.25) is 5.91 Å². The van der Waals surface area contributed by atoms with Gasteiger partial charge >= 0.3 is 12.1 Å². The quantitative estimate of drug-likeness (QED) is 0.378. The Morgan fingerprint density at radius 2 is 1.90 bits per heavy atom. The van der Waals surface area contributed by atoms with E-state index < -0.39 is 23.7 Å². The first kappa shape index (κ1) is 29.4. The monoisotopic (exact) mass is 550 g/mol. The van der Waals surface area contributed by atoms with Crippen molar-refractivity contribution in [2.75, 3.05) is 13.2 Å². The normalized spacial score (nSPS) is 17.9. The highest BCUT2D eigenvalue weighted by molar-refractivity contribution is 5.90. The number of carbonyl (C=O) groups is 3. The molecule has 9 heteroatoms. The third-order valence-electron chi connectivity index (χ3n) is 7.66. The molecular weight excluding hydrogens is 508 g/mol. The fraction of sp³-hybridized carbons (Fsp3) is 0.613. The summed E-state index contributed by atoms with van der Waals surface area (Å²) in [5.41, 5.74) is 2.13. The Bertz CT molecular complexity index is 1280. The molecule has 1 aromatic heterocycles. The lowest BCUT2D eigenvalue weighted by molar-refractivity contribution is -0.150. The Hall–Kier alpha value is -3.54. The second-order valence-electron chi connectivity index (χ2n) is 11.8. The summed E-state index contributed by atoms with van der Waals surface area (Å²) in [6.07, 6.45) is 4.12. The van der Waals surface area contributed by atoms with Gasteiger partial charge in [-0.1, -0.05) is 6.07 Å². The van der Waals surface area contributed by atoms with Gasteiger partial charge < -0.3 is 18.9 Å². The molecule has 2 heterocycles. The molecule has 2 amide bonds. The molecule has 2 aromatic rings. The van der Waals surface area contributed by atoms with Gasteiger partial charge in [-0.05, 0) is 96.7 Å². The number of rotatable bonds is 10. The van der Waals surface area contributed by atoms with Crippen molar-refractivity contribution in [3.8, 4) is 6.07 Å². The van der Waals surface area contributed by atoms with Crippen LogP contribution in [0.15, 0.2) is 24.3 Å². The van der Waals surface area contributed by atoms with E-state index in [1.54, 1.807) is 27.7 Å². The second-order valence-corrected chi connectivity index (χ2v) is 11.8. The van der Waals surface area contributed by atoms with Crippen molar-refractivity contribution >= 4 is 28.9 Å². The third kappa shape index (κ3) is 6.78. The molecule has 216 valence electrons. The van der Waals surface area contributed by atoms with Crippen molar-refractivity contribution in [1.29, 1.82) is 5.26 Å². The first-order valence-corrected chi connectivity index (χ1v) is 14.6. The third-order valence-corrected chi connectivity index (χ3v) is 7.66. The SMILES string of the molecule is CCOC(=O)CC(C(=O)N1CCCC1CCc1cc2ccc(C#N)cc2n1CC)N(C(=O)OC(C)(C)C)C1CC1. The van der Waals surface area contributed by atoms with Gasteiger partial charge in [0.05, 0.1) is 24.7 Å². The highest BCUT2D eigenvalue weighted by atomic mass is 16.6. The summed E-state index contributed by atoms with van der Waals surface area (Å²) in [5.74, 6) is -0.696. The van der Waals surface area contributed by atoms with Gasteiger partial charge in [-0.25, -0.2) is 4.79 Å². The molecule has 9 nitrogen and oxygen atoms in total. The number of fused-ring (bicyclic) bond motifs is 1. The molecule has 1 aliphatic carbocycles. The fourth-order valence-electron chi connectivity index (χ4n) is 5.77. The number of nitrogens with zero attached hydrogens (tertiary/aromatic N) is 4. The molecule has 1 aliphatic heterocycles. The molecule has 2 fully saturated rings. The van der Waals surface area contributed by atoms with Gasteiger partial charge in [-0.15, -0.1) is 0 Å². The van der Waals surface area contributed by atoms with Crippen LogP contribution in [0.3, 0.4) is 0 Å². The molecule has 0 N–H and O–H groups in total. The zero-order valence-electron chi connectivity index (χ0n) is 24.4. The summed E-state index contributed by atoms with van der Waals surface area (Å²) in [5, 5.41) is 10.4. The Balaban J connectivity index is 1.55. The van der Waals surface area contributed by atoms with Crippen molar-refractivity contribution in [2.45, 2.75) is 110 Å². The van der Waals surface area contributed by atoms with Gasteiger partial charge in [0.25, 0.3) is 0 Å². The van der Waals surface area contributed by atoms with Crippen LogP contribution in [-0.2, 0) is 32.0 Å². The number of nitriles is 1. The number of hydrogen-bond donors (Lipinski definition) is 0. The molecular formula is C31H42N4O5. The van der Waals surface area contributed by atoms with Crippen LogP contribution < -0.4 is 0 Å². The number of carbonyl (C=O) groups excluding carboxylic acids is 3. The Kier molecular flexibility index (Phi) is 9.07. The van der Waals surface area contributed by atoms with E-state index in [4.69, 9.17) is 9.47 Å². The van der Waals surface area contributed by atoms with E-state index in [0.29, 0.717) is 12.1 Å². The molecule has 1 saturated carbocycles. The van der Waals surface area contributed by atoms with E-state index in [1.165, 1.54) is 10.6 Å². The van der Waals surface area contributed by atoms with E-state index in [-0.39, 0.29) is 31.0 Å². The van der Waals surface area contributed by atoms with Crippen molar-refractivity contribution < 1.29 is 23.9 Å². The maximum absolute atomic E-state index is 14.1. The molecule has 1 saturated heterocycles. The Morgan fingerprint density at radius 1 is 1.15 bits per heavy atom. The summed E-state index contributed by atoms with van der Waals surface area (Å²) >= 11 is 0. The van der Waals surface area contributed by atoms with Crippen LogP contribution in [-0.4, -0.2) is 69.2 Å². The smallest absolute Gasteiger partial charge is 0.411 e. The molecule has 4 rings (SSSR count). The lowest BCUT2D eigenvalue weighted by Crippen LogP contribution is -2.54. The van der Waals surface area contributed by atoms with Crippen LogP contribution >= 0.6 is 0 Å². The number of hydrogen-bond acceptors (Lipinski definition) is 6. The summed E-state index contributed by atoms with van der Waals surface area (Å²) in [4.78, 5) is 43.4. The Morgan fingerprint density at radius 3 is 2.52 bits per heavy atom. The van der Waals surface area contributed by atoms with Crippen LogP contribution in [0.25, 0.3) is 10.9 Å². The largest absolute Gasteiger partial charge is 0.466 e. The van der Waals surface area contributed by atoms with Crippen LogP contribution in [0.4, 0.5) is 4.79 Å². The molecule has 0 bridgehead atoms. The summed E-state index contributed by atoms with van der Waals surface area (Å²) < 4.78 is 13.1. The van der Waals surface area contributed by atoms with Crippen molar-refractivity contribution in [3.05, 3.63) is 35.5 Å². The van der Waals surface area contributed by atoms with Crippen molar-refractivity contribution in [1.82, 2.24) is 14.4 Å². The first-order valence-electron chi connectivity index (χ1n) is 14.6. The highest BCUT2D eigenvalue weighted by Crippen LogP contribution is 2.34. The summed E-state index contributed by atoms with van der Waals surface area (Å²) in [6, 6.07) is 9.08. The van der Waals surface area contributed by atoms with Gasteiger partial charge in [0.15, 0.2) is 0 Å². The topological polar surface area (TPSA) is 105 Å². The highest BCUT2D eigenvalue weighted by Gasteiger charge is 2.46. The molecule has 2 atom stereocenters. The number of esters is 1. The molecule has 2 aliphatic rings. The minimum atomic E-state index is -0.950. The van der Waals surface area contributed by atoms with Crippen molar-refractivity contribution in [2.24, 2.45) is 0 Å². The predicted molar refractivity (Wildman–Crippen MR) is 152 cm³/mol. The van der Waals surface area contributed by atoms with E-state index >= 15 is 0 Å². The first-order chi connectivity index (χ1) is 19.1. The fourth-order valence-corrected chi connectivity index (χ4v) is 5.77. The van der Waals surface area contributed by atoms with Crippen LogP contribution in [0, 0.1) is 11.3 Å². The summed E-state index contributed by atoms with van der Waals surface area (Å²) in [6.45, 7) is 10.8. The minimum absolute atomic E-state index is 0.00914. The summed E-state index contributed by atoms with van der Waals surface area (Å²) in [7, 11) is 0. The standard InChI is InChI=1S/C31H42N4O5/c1-6-33-25(18-22-11-10-21(20-32)17-26(22)33)15-12-23-9-8-16-34(23)29(37)27(19-28(36)39-7-2)35(24-13-14-24)30(38)40-31(3,4)5/h10-11,17-18,23-24,27H,6-9,12-16,19H2,1-5H3. The van der Waals surface area contributed by atoms with Crippen LogP contribution in [0.1, 0.15) is 84.4 Å². The number of aromatic nitrogens is 1. The lowest BCUT2D eigenvalue weighted by atomic mass is 10.0. The number of ether oxygens (including phenoxy) is 2. The Labute approximate surface area is 237 Å².